The Bertz CT molecular complexity index is 1050. The molecule has 1 aromatic heterocycles. The molecule has 2 amide bonds. The number of fused-ring (bicyclic) bond motifs is 1. The predicted molar refractivity (Wildman–Crippen MR) is 112 cm³/mol. The van der Waals surface area contributed by atoms with Gasteiger partial charge in [0.2, 0.25) is 11.9 Å². The van der Waals surface area contributed by atoms with E-state index in [-0.39, 0.29) is 30.1 Å². The van der Waals surface area contributed by atoms with Crippen LogP contribution in [0.5, 0.6) is 0 Å². The number of anilines is 3. The van der Waals surface area contributed by atoms with Crippen molar-refractivity contribution in [2.75, 3.05) is 29.1 Å². The highest BCUT2D eigenvalue weighted by atomic mass is 19.2. The molecule has 11 heteroatoms. The third-order valence-electron chi connectivity index (χ3n) is 5.72. The van der Waals surface area contributed by atoms with E-state index in [4.69, 9.17) is 0 Å². The first kappa shape index (κ1) is 21.8. The first-order chi connectivity index (χ1) is 15.2. The summed E-state index contributed by atoms with van der Waals surface area (Å²) in [5, 5.41) is 8.86. The van der Waals surface area contributed by atoms with Gasteiger partial charge in [-0.25, -0.2) is 18.2 Å². The van der Waals surface area contributed by atoms with Gasteiger partial charge in [-0.3, -0.25) is 9.59 Å². The topological polar surface area (TPSA) is 99.2 Å². The zero-order chi connectivity index (χ0) is 23.0. The summed E-state index contributed by atoms with van der Waals surface area (Å²) in [6.07, 6.45) is 2.75. The van der Waals surface area contributed by atoms with E-state index in [1.54, 1.807) is 18.9 Å². The van der Waals surface area contributed by atoms with Crippen molar-refractivity contribution in [1.82, 2.24) is 15.3 Å². The highest BCUT2D eigenvalue weighted by Crippen LogP contribution is 2.30. The Hall–Kier alpha value is -3.37. The Labute approximate surface area is 182 Å². The Morgan fingerprint density at radius 3 is 2.38 bits per heavy atom. The zero-order valence-electron chi connectivity index (χ0n) is 17.6. The van der Waals surface area contributed by atoms with Crippen molar-refractivity contribution in [1.29, 1.82) is 0 Å². The third kappa shape index (κ3) is 4.46. The van der Waals surface area contributed by atoms with E-state index < -0.39 is 23.4 Å². The van der Waals surface area contributed by atoms with Crippen LogP contribution in [0.25, 0.3) is 0 Å². The van der Waals surface area contributed by atoms with Crippen LogP contribution in [-0.4, -0.2) is 47.5 Å². The van der Waals surface area contributed by atoms with Crippen molar-refractivity contribution in [2.45, 2.75) is 44.7 Å². The van der Waals surface area contributed by atoms with Gasteiger partial charge in [0, 0.05) is 24.7 Å². The van der Waals surface area contributed by atoms with E-state index in [2.05, 4.69) is 25.9 Å². The van der Waals surface area contributed by atoms with Crippen LogP contribution >= 0.6 is 0 Å². The van der Waals surface area contributed by atoms with Crippen molar-refractivity contribution in [3.05, 3.63) is 40.8 Å². The van der Waals surface area contributed by atoms with Crippen LogP contribution in [0.15, 0.2) is 12.1 Å². The molecule has 32 heavy (non-hydrogen) atoms. The highest BCUT2D eigenvalue weighted by Gasteiger charge is 2.27. The average molecular weight is 448 g/mol. The fourth-order valence-corrected chi connectivity index (χ4v) is 4.03. The monoisotopic (exact) mass is 448 g/mol. The van der Waals surface area contributed by atoms with Gasteiger partial charge < -0.3 is 20.9 Å². The van der Waals surface area contributed by atoms with Crippen molar-refractivity contribution in [2.24, 2.45) is 0 Å². The third-order valence-corrected chi connectivity index (χ3v) is 5.72. The number of aromatic nitrogens is 2. The number of benzene rings is 1. The summed E-state index contributed by atoms with van der Waals surface area (Å²) < 4.78 is 39.8. The standard InChI is InChI=1S/C21H23F3N6O2/c1-10-18-19(30(2)9-16(31)28-18)29-21(25-10)27-13-5-3-12(4-6-13)26-20(32)11-7-14(22)17(24)15(23)8-11/h7-8,12-13H,3-6,9H2,1-2H3,(H,26,32)(H,28,31)(H,25,27,29)/t12-,13+. The first-order valence-corrected chi connectivity index (χ1v) is 10.3. The van der Waals surface area contributed by atoms with Gasteiger partial charge in [-0.1, -0.05) is 0 Å². The van der Waals surface area contributed by atoms with E-state index in [1.165, 1.54) is 0 Å². The minimum atomic E-state index is -1.60. The minimum absolute atomic E-state index is 0.0878. The summed E-state index contributed by atoms with van der Waals surface area (Å²) in [7, 11) is 1.79. The molecule has 170 valence electrons. The zero-order valence-corrected chi connectivity index (χ0v) is 17.6. The summed E-state index contributed by atoms with van der Waals surface area (Å²) in [6.45, 7) is 2.02. The molecule has 2 aliphatic rings. The summed E-state index contributed by atoms with van der Waals surface area (Å²) in [5.74, 6) is -4.02. The molecule has 2 heterocycles. The SMILES string of the molecule is Cc1nc(N[C@H]2CC[C@@H](NC(=O)c3cc(F)c(F)c(F)c3)CC2)nc2c1NC(=O)CN2C. The molecular formula is C21H23F3N6O2. The van der Waals surface area contributed by atoms with Gasteiger partial charge >= 0.3 is 0 Å². The molecule has 1 aliphatic carbocycles. The lowest BCUT2D eigenvalue weighted by Gasteiger charge is -2.31. The fourth-order valence-electron chi connectivity index (χ4n) is 4.03. The van der Waals surface area contributed by atoms with Crippen LogP contribution in [0.2, 0.25) is 0 Å². The number of hydrogen-bond donors (Lipinski definition) is 3. The van der Waals surface area contributed by atoms with Crippen LogP contribution in [0, 0.1) is 24.4 Å². The smallest absolute Gasteiger partial charge is 0.251 e. The van der Waals surface area contributed by atoms with Gasteiger partial charge in [0.1, 0.15) is 5.69 Å². The number of hydrogen-bond acceptors (Lipinski definition) is 6. The molecule has 0 radical (unpaired) electrons. The number of nitrogens with one attached hydrogen (secondary N) is 3. The average Bonchev–Trinajstić information content (AvgIpc) is 2.74. The fraction of sp³-hybridized carbons (Fsp3) is 0.429. The molecule has 1 fully saturated rings. The van der Waals surface area contributed by atoms with Crippen molar-refractivity contribution in [3.63, 3.8) is 0 Å². The van der Waals surface area contributed by atoms with E-state index >= 15 is 0 Å². The van der Waals surface area contributed by atoms with Gasteiger partial charge in [0.25, 0.3) is 5.91 Å². The van der Waals surface area contributed by atoms with Gasteiger partial charge in [-0.05, 0) is 44.7 Å². The maximum atomic E-state index is 13.4. The molecule has 2 aromatic rings. The number of rotatable bonds is 4. The molecule has 3 N–H and O–H groups in total. The maximum absolute atomic E-state index is 13.4. The second kappa shape index (κ2) is 8.64. The number of carbonyl (C=O) groups is 2. The Kier molecular flexibility index (Phi) is 5.90. The van der Waals surface area contributed by atoms with Gasteiger partial charge in [-0.15, -0.1) is 0 Å². The number of halogens is 3. The maximum Gasteiger partial charge on any atom is 0.251 e. The van der Waals surface area contributed by atoms with Gasteiger partial charge in [-0.2, -0.15) is 4.98 Å². The first-order valence-electron chi connectivity index (χ1n) is 10.3. The number of aryl methyl sites for hydroxylation is 1. The highest BCUT2D eigenvalue weighted by molar-refractivity contribution is 6.00. The number of amides is 2. The molecule has 0 atom stereocenters. The molecule has 1 aliphatic heterocycles. The van der Waals surface area contributed by atoms with Crippen molar-refractivity contribution < 1.29 is 22.8 Å². The lowest BCUT2D eigenvalue weighted by Crippen LogP contribution is -2.40. The summed E-state index contributed by atoms with van der Waals surface area (Å²) in [4.78, 5) is 34.8. The quantitative estimate of drug-likeness (QED) is 0.622. The summed E-state index contributed by atoms with van der Waals surface area (Å²) in [6, 6.07) is 1.31. The number of carbonyl (C=O) groups excluding carboxylic acids is 2. The Morgan fingerprint density at radius 1 is 1.09 bits per heavy atom. The molecule has 1 aromatic carbocycles. The second-order valence-corrected chi connectivity index (χ2v) is 8.16. The molecule has 4 rings (SSSR count). The van der Waals surface area contributed by atoms with E-state index in [0.29, 0.717) is 48.1 Å². The molecule has 0 spiro atoms. The van der Waals surface area contributed by atoms with E-state index in [9.17, 15) is 22.8 Å². The van der Waals surface area contributed by atoms with E-state index in [1.807, 2.05) is 0 Å². The Morgan fingerprint density at radius 2 is 1.72 bits per heavy atom. The second-order valence-electron chi connectivity index (χ2n) is 8.16. The molecule has 1 saturated carbocycles. The molecule has 0 bridgehead atoms. The normalized spacial score (nSPS) is 20.4. The Balaban J connectivity index is 1.35. The van der Waals surface area contributed by atoms with Crippen LogP contribution in [0.1, 0.15) is 41.7 Å². The minimum Gasteiger partial charge on any atom is -0.351 e. The van der Waals surface area contributed by atoms with Crippen LogP contribution < -0.4 is 20.9 Å². The number of likely N-dealkylation sites (N-methyl/N-ethyl adjacent to an activating group) is 1. The lowest BCUT2D eigenvalue weighted by atomic mass is 9.91. The molecular weight excluding hydrogens is 425 g/mol. The summed E-state index contributed by atoms with van der Waals surface area (Å²) >= 11 is 0. The predicted octanol–water partition coefficient (Wildman–Crippen LogP) is 2.74. The van der Waals surface area contributed by atoms with Crippen molar-refractivity contribution in [3.8, 4) is 0 Å². The molecule has 0 unspecified atom stereocenters. The van der Waals surface area contributed by atoms with Crippen molar-refractivity contribution >= 4 is 29.3 Å². The van der Waals surface area contributed by atoms with Crippen LogP contribution in [0.3, 0.4) is 0 Å². The number of nitrogens with zero attached hydrogens (tertiary/aromatic N) is 3. The largest absolute Gasteiger partial charge is 0.351 e. The lowest BCUT2D eigenvalue weighted by molar-refractivity contribution is -0.115. The van der Waals surface area contributed by atoms with Crippen LogP contribution in [-0.2, 0) is 4.79 Å². The molecule has 8 nitrogen and oxygen atoms in total. The van der Waals surface area contributed by atoms with Gasteiger partial charge in [0.15, 0.2) is 23.3 Å². The molecule has 0 saturated heterocycles. The van der Waals surface area contributed by atoms with E-state index in [0.717, 1.165) is 12.8 Å². The van der Waals surface area contributed by atoms with Crippen LogP contribution in [0.4, 0.5) is 30.6 Å². The van der Waals surface area contributed by atoms with Gasteiger partial charge in [0.05, 0.1) is 12.2 Å². The summed E-state index contributed by atoms with van der Waals surface area (Å²) in [5.41, 5.74) is 1.02.